The van der Waals surface area contributed by atoms with Gasteiger partial charge in [0, 0.05) is 17.3 Å². The Hall–Kier alpha value is -1.73. The Morgan fingerprint density at radius 3 is 2.86 bits per heavy atom. The second kappa shape index (κ2) is 7.51. The van der Waals surface area contributed by atoms with Crippen LogP contribution in [-0.4, -0.2) is 26.4 Å². The standard InChI is InChI=1S/C14H18ClN5OS/c1-3-20-13(18-19-14(20)22-8-12(16)21)7-17-10-5-4-9(2)11(15)6-10/h4-6,17H,3,7-8H2,1-2H3,(H2,16,21). The van der Waals surface area contributed by atoms with Crippen LogP contribution >= 0.6 is 23.4 Å². The van der Waals surface area contributed by atoms with Crippen molar-refractivity contribution in [3.05, 3.63) is 34.6 Å². The van der Waals surface area contributed by atoms with E-state index in [9.17, 15) is 4.79 Å². The molecule has 0 spiro atoms. The highest BCUT2D eigenvalue weighted by Crippen LogP contribution is 2.21. The number of nitrogens with zero attached hydrogens (tertiary/aromatic N) is 3. The predicted octanol–water partition coefficient (Wildman–Crippen LogP) is 2.45. The van der Waals surface area contributed by atoms with E-state index < -0.39 is 0 Å². The van der Waals surface area contributed by atoms with Gasteiger partial charge in [0.15, 0.2) is 11.0 Å². The van der Waals surface area contributed by atoms with Crippen molar-refractivity contribution < 1.29 is 4.79 Å². The molecule has 0 aliphatic heterocycles. The average molecular weight is 340 g/mol. The zero-order chi connectivity index (χ0) is 16.1. The summed E-state index contributed by atoms with van der Waals surface area (Å²) in [5.74, 6) is 0.620. The molecule has 0 saturated heterocycles. The first-order valence-corrected chi connectivity index (χ1v) is 8.20. The lowest BCUT2D eigenvalue weighted by Gasteiger charge is -2.09. The van der Waals surface area contributed by atoms with Gasteiger partial charge in [-0.1, -0.05) is 29.4 Å². The minimum absolute atomic E-state index is 0.194. The van der Waals surface area contributed by atoms with Gasteiger partial charge in [0.1, 0.15) is 0 Å². The number of aryl methyl sites for hydroxylation is 1. The van der Waals surface area contributed by atoms with Crippen LogP contribution in [-0.2, 0) is 17.9 Å². The zero-order valence-corrected chi connectivity index (χ0v) is 14.0. The van der Waals surface area contributed by atoms with Gasteiger partial charge in [-0.05, 0) is 31.5 Å². The summed E-state index contributed by atoms with van der Waals surface area (Å²) >= 11 is 7.40. The van der Waals surface area contributed by atoms with E-state index in [0.717, 1.165) is 28.6 Å². The number of aromatic nitrogens is 3. The number of rotatable bonds is 7. The largest absolute Gasteiger partial charge is 0.378 e. The minimum Gasteiger partial charge on any atom is -0.378 e. The maximum absolute atomic E-state index is 10.9. The number of nitrogens with one attached hydrogen (secondary N) is 1. The highest BCUT2D eigenvalue weighted by molar-refractivity contribution is 7.99. The van der Waals surface area contributed by atoms with E-state index in [1.807, 2.05) is 36.6 Å². The fourth-order valence-electron chi connectivity index (χ4n) is 1.89. The predicted molar refractivity (Wildman–Crippen MR) is 89.1 cm³/mol. The number of nitrogens with two attached hydrogens (primary N) is 1. The summed E-state index contributed by atoms with van der Waals surface area (Å²) in [6.45, 7) is 5.21. The van der Waals surface area contributed by atoms with E-state index in [1.54, 1.807) is 0 Å². The summed E-state index contributed by atoms with van der Waals surface area (Å²) in [4.78, 5) is 10.9. The molecular formula is C14H18ClN5OS. The number of hydrogen-bond acceptors (Lipinski definition) is 5. The first-order chi connectivity index (χ1) is 10.5. The van der Waals surface area contributed by atoms with Crippen molar-refractivity contribution in [2.75, 3.05) is 11.1 Å². The van der Waals surface area contributed by atoms with Gasteiger partial charge < -0.3 is 15.6 Å². The van der Waals surface area contributed by atoms with Crippen LogP contribution in [0.4, 0.5) is 5.69 Å². The summed E-state index contributed by atoms with van der Waals surface area (Å²) < 4.78 is 1.95. The number of amides is 1. The first-order valence-electron chi connectivity index (χ1n) is 6.84. The van der Waals surface area contributed by atoms with Crippen LogP contribution in [0, 0.1) is 6.92 Å². The average Bonchev–Trinajstić information content (AvgIpc) is 2.88. The quantitative estimate of drug-likeness (QED) is 0.757. The molecule has 0 fully saturated rings. The number of hydrogen-bond donors (Lipinski definition) is 2. The molecule has 0 aliphatic rings. The fraction of sp³-hybridized carbons (Fsp3) is 0.357. The number of carbonyl (C=O) groups excluding carboxylic acids is 1. The molecule has 22 heavy (non-hydrogen) atoms. The van der Waals surface area contributed by atoms with Crippen LogP contribution < -0.4 is 11.1 Å². The van der Waals surface area contributed by atoms with Crippen molar-refractivity contribution in [2.24, 2.45) is 5.73 Å². The van der Waals surface area contributed by atoms with Crippen LogP contribution in [0.3, 0.4) is 0 Å². The summed E-state index contributed by atoms with van der Waals surface area (Å²) in [7, 11) is 0. The molecule has 1 aromatic carbocycles. The van der Waals surface area contributed by atoms with Crippen molar-refractivity contribution in [1.29, 1.82) is 0 Å². The molecule has 8 heteroatoms. The zero-order valence-electron chi connectivity index (χ0n) is 12.5. The number of carbonyl (C=O) groups is 1. The van der Waals surface area contributed by atoms with Crippen LogP contribution in [0.2, 0.25) is 5.02 Å². The Balaban J connectivity index is 2.06. The van der Waals surface area contributed by atoms with Gasteiger partial charge in [-0.2, -0.15) is 0 Å². The topological polar surface area (TPSA) is 85.8 Å². The van der Waals surface area contributed by atoms with Crippen LogP contribution in [0.1, 0.15) is 18.3 Å². The summed E-state index contributed by atoms with van der Waals surface area (Å²) in [6.07, 6.45) is 0. The van der Waals surface area contributed by atoms with Crippen molar-refractivity contribution in [1.82, 2.24) is 14.8 Å². The van der Waals surface area contributed by atoms with Gasteiger partial charge in [-0.15, -0.1) is 10.2 Å². The number of halogens is 1. The molecule has 0 aliphatic carbocycles. The SMILES string of the molecule is CCn1c(CNc2ccc(C)c(Cl)c2)nnc1SCC(N)=O. The van der Waals surface area contributed by atoms with Crippen LogP contribution in [0.15, 0.2) is 23.4 Å². The smallest absolute Gasteiger partial charge is 0.227 e. The molecule has 1 amide bonds. The van der Waals surface area contributed by atoms with Crippen LogP contribution in [0.25, 0.3) is 0 Å². The van der Waals surface area contributed by atoms with E-state index in [0.29, 0.717) is 11.7 Å². The third-order valence-corrected chi connectivity index (χ3v) is 4.47. The van der Waals surface area contributed by atoms with E-state index in [1.165, 1.54) is 11.8 Å². The number of thioether (sulfide) groups is 1. The maximum Gasteiger partial charge on any atom is 0.227 e. The highest BCUT2D eigenvalue weighted by Gasteiger charge is 2.12. The molecule has 1 heterocycles. The van der Waals surface area contributed by atoms with E-state index >= 15 is 0 Å². The van der Waals surface area contributed by atoms with Gasteiger partial charge in [0.25, 0.3) is 0 Å². The maximum atomic E-state index is 10.9. The molecule has 0 saturated carbocycles. The first kappa shape index (κ1) is 16.6. The number of anilines is 1. The van der Waals surface area contributed by atoms with Gasteiger partial charge in [0.2, 0.25) is 5.91 Å². The second-order valence-electron chi connectivity index (χ2n) is 4.72. The number of benzene rings is 1. The summed E-state index contributed by atoms with van der Waals surface area (Å²) in [5, 5.41) is 13.0. The fourth-order valence-corrected chi connectivity index (χ4v) is 2.83. The third-order valence-electron chi connectivity index (χ3n) is 3.08. The van der Waals surface area contributed by atoms with Gasteiger partial charge in [-0.25, -0.2) is 0 Å². The lowest BCUT2D eigenvalue weighted by molar-refractivity contribution is -0.115. The molecule has 0 bridgehead atoms. The lowest BCUT2D eigenvalue weighted by atomic mass is 10.2. The minimum atomic E-state index is -0.371. The molecule has 118 valence electrons. The second-order valence-corrected chi connectivity index (χ2v) is 6.07. The van der Waals surface area contributed by atoms with Gasteiger partial charge >= 0.3 is 0 Å². The Morgan fingerprint density at radius 1 is 1.45 bits per heavy atom. The van der Waals surface area contributed by atoms with Crippen molar-refractivity contribution in [3.8, 4) is 0 Å². The lowest BCUT2D eigenvalue weighted by Crippen LogP contribution is -2.14. The van der Waals surface area contributed by atoms with E-state index in [-0.39, 0.29) is 11.7 Å². The van der Waals surface area contributed by atoms with Crippen LogP contribution in [0.5, 0.6) is 0 Å². The van der Waals surface area contributed by atoms with Gasteiger partial charge in [0.05, 0.1) is 12.3 Å². The van der Waals surface area contributed by atoms with Crippen molar-refractivity contribution in [2.45, 2.75) is 32.1 Å². The molecular weight excluding hydrogens is 322 g/mol. The molecule has 3 N–H and O–H groups in total. The third kappa shape index (κ3) is 4.14. The monoisotopic (exact) mass is 339 g/mol. The van der Waals surface area contributed by atoms with E-state index in [4.69, 9.17) is 17.3 Å². The van der Waals surface area contributed by atoms with Gasteiger partial charge in [-0.3, -0.25) is 4.79 Å². The Labute approximate surface area is 138 Å². The van der Waals surface area contributed by atoms with E-state index in [2.05, 4.69) is 15.5 Å². The Morgan fingerprint density at radius 2 is 2.23 bits per heavy atom. The number of primary amides is 1. The molecule has 0 atom stereocenters. The molecule has 2 rings (SSSR count). The normalized spacial score (nSPS) is 10.7. The molecule has 0 unspecified atom stereocenters. The molecule has 0 radical (unpaired) electrons. The molecule has 2 aromatic rings. The summed E-state index contributed by atoms with van der Waals surface area (Å²) in [5.41, 5.74) is 7.12. The molecule has 6 nitrogen and oxygen atoms in total. The highest BCUT2D eigenvalue weighted by atomic mass is 35.5. The Bertz CT molecular complexity index is 673. The Kier molecular flexibility index (Phi) is 5.68. The summed E-state index contributed by atoms with van der Waals surface area (Å²) in [6, 6.07) is 5.81. The van der Waals surface area contributed by atoms with Crippen molar-refractivity contribution >= 4 is 35.0 Å². The molecule has 1 aromatic heterocycles. The van der Waals surface area contributed by atoms with Crippen molar-refractivity contribution in [3.63, 3.8) is 0 Å².